The smallest absolute Gasteiger partial charge is 1.00 e. The van der Waals surface area contributed by atoms with Gasteiger partial charge in [0.15, 0.2) is 0 Å². The number of hydrogen-bond acceptors (Lipinski definition) is 0. The zero-order valence-corrected chi connectivity index (χ0v) is 7.50. The van der Waals surface area contributed by atoms with E-state index in [1.54, 1.807) is 0 Å². The standard InChI is InChI=1S/2ClH.Mn.Zn/h2*1H;;/q;;2*+2/p-2. The third kappa shape index (κ3) is 9.30. The van der Waals surface area contributed by atoms with Gasteiger partial charge in [-0.15, -0.1) is 0 Å². The van der Waals surface area contributed by atoms with Crippen LogP contribution in [0.1, 0.15) is 0 Å². The van der Waals surface area contributed by atoms with Crippen LogP contribution in [0.5, 0.6) is 0 Å². The predicted molar refractivity (Wildman–Crippen MR) is 0 cm³/mol. The molecule has 0 amide bonds. The summed E-state index contributed by atoms with van der Waals surface area (Å²) < 4.78 is 0. The molecule has 0 atom stereocenters. The average Bonchev–Trinajstić information content (AvgIpc) is 0. The van der Waals surface area contributed by atoms with Crippen molar-refractivity contribution < 1.29 is 61.4 Å². The van der Waals surface area contributed by atoms with E-state index in [2.05, 4.69) is 0 Å². The normalized spacial score (nSPS) is 0. The predicted octanol–water partition coefficient (Wildman–Crippen LogP) is -6.00. The van der Waals surface area contributed by atoms with E-state index in [1.165, 1.54) is 0 Å². The van der Waals surface area contributed by atoms with Crippen molar-refractivity contribution in [1.82, 2.24) is 0 Å². The Morgan fingerprint density at radius 2 is 0.750 bits per heavy atom. The summed E-state index contributed by atoms with van der Waals surface area (Å²) in [6.45, 7) is 0. The molecule has 0 fully saturated rings. The van der Waals surface area contributed by atoms with Gasteiger partial charge in [0.05, 0.1) is 0 Å². The average molecular weight is 191 g/mol. The van der Waals surface area contributed by atoms with Crippen molar-refractivity contribution in [2.45, 2.75) is 0 Å². The van der Waals surface area contributed by atoms with E-state index in [4.69, 9.17) is 0 Å². The summed E-state index contributed by atoms with van der Waals surface area (Å²) in [7, 11) is 0. The van der Waals surface area contributed by atoms with Crippen molar-refractivity contribution in [3.8, 4) is 0 Å². The molecule has 0 spiro atoms. The maximum atomic E-state index is 0. The van der Waals surface area contributed by atoms with Gasteiger partial charge in [0, 0.05) is 0 Å². The van der Waals surface area contributed by atoms with Gasteiger partial charge in [0.2, 0.25) is 0 Å². The first-order chi connectivity index (χ1) is 0. The maximum Gasteiger partial charge on any atom is 2.00 e. The van der Waals surface area contributed by atoms with E-state index in [0.717, 1.165) is 0 Å². The number of halogens is 2. The van der Waals surface area contributed by atoms with Crippen LogP contribution in [0, 0.1) is 0 Å². The van der Waals surface area contributed by atoms with Gasteiger partial charge in [-0.25, -0.2) is 0 Å². The van der Waals surface area contributed by atoms with Gasteiger partial charge in [0.25, 0.3) is 0 Å². The second-order valence-corrected chi connectivity index (χ2v) is 0. The van der Waals surface area contributed by atoms with E-state index in [1.807, 2.05) is 0 Å². The third-order valence-corrected chi connectivity index (χ3v) is 0. The Bertz CT molecular complexity index is 6.00. The number of rotatable bonds is 0. The van der Waals surface area contributed by atoms with Gasteiger partial charge < -0.3 is 24.8 Å². The van der Waals surface area contributed by atoms with Gasteiger partial charge >= 0.3 is 36.5 Å². The molecule has 0 aliphatic carbocycles. The summed E-state index contributed by atoms with van der Waals surface area (Å²) in [6, 6.07) is 0. The van der Waals surface area contributed by atoms with Crippen molar-refractivity contribution in [2.75, 3.05) is 0 Å². The van der Waals surface area contributed by atoms with E-state index in [-0.39, 0.29) is 61.4 Å². The van der Waals surface area contributed by atoms with Crippen molar-refractivity contribution in [2.24, 2.45) is 0 Å². The number of hydrogen-bond donors (Lipinski definition) is 0. The van der Waals surface area contributed by atoms with Crippen LogP contribution in [0.25, 0.3) is 0 Å². The van der Waals surface area contributed by atoms with Crippen LogP contribution >= 0.6 is 0 Å². The van der Waals surface area contributed by atoms with Crippen molar-refractivity contribution in [1.29, 1.82) is 0 Å². The quantitative estimate of drug-likeness (QED) is 0.334. The molecule has 4 heavy (non-hydrogen) atoms. The molecule has 1 radical (unpaired) electrons. The molecule has 0 aliphatic rings. The fourth-order valence-corrected chi connectivity index (χ4v) is 0. The Kier molecular flexibility index (Phi) is 237. The molecule has 0 unspecified atom stereocenters. The fourth-order valence-electron chi connectivity index (χ4n) is 0. The van der Waals surface area contributed by atoms with Crippen molar-refractivity contribution in [3.05, 3.63) is 0 Å². The topological polar surface area (TPSA) is 0 Å². The van der Waals surface area contributed by atoms with E-state index in [9.17, 15) is 0 Å². The summed E-state index contributed by atoms with van der Waals surface area (Å²) in [4.78, 5) is 0. The zero-order valence-electron chi connectivity index (χ0n) is 1.84. The molecule has 0 N–H and O–H groups in total. The minimum atomic E-state index is 0. The molecular formula is Cl2MnZn+2. The van der Waals surface area contributed by atoms with Gasteiger partial charge in [-0.2, -0.15) is 0 Å². The SMILES string of the molecule is [Cl-].[Cl-].[Mn+2].[Zn+2]. The molecule has 0 saturated carbocycles. The summed E-state index contributed by atoms with van der Waals surface area (Å²) in [5, 5.41) is 0. The van der Waals surface area contributed by atoms with Crippen LogP contribution in [-0.2, 0) is 36.5 Å². The van der Waals surface area contributed by atoms with Gasteiger partial charge in [-0.3, -0.25) is 0 Å². The van der Waals surface area contributed by atoms with Crippen LogP contribution in [0.4, 0.5) is 0 Å². The summed E-state index contributed by atoms with van der Waals surface area (Å²) in [5.74, 6) is 0. The Morgan fingerprint density at radius 1 is 0.750 bits per heavy atom. The Hall–Kier alpha value is 1.72. The first-order valence-corrected chi connectivity index (χ1v) is 0. The van der Waals surface area contributed by atoms with Crippen LogP contribution in [0.15, 0.2) is 0 Å². The second-order valence-electron chi connectivity index (χ2n) is 0. The molecule has 0 rings (SSSR count). The molecule has 0 aromatic rings. The molecule has 0 aromatic carbocycles. The molecule has 0 aliphatic heterocycles. The van der Waals surface area contributed by atoms with E-state index < -0.39 is 0 Å². The van der Waals surface area contributed by atoms with Crippen LogP contribution in [-0.4, -0.2) is 0 Å². The first-order valence-electron chi connectivity index (χ1n) is 0. The molecule has 0 saturated heterocycles. The molecule has 0 nitrogen and oxygen atoms in total. The maximum absolute atomic E-state index is 0. The summed E-state index contributed by atoms with van der Waals surface area (Å²) in [5.41, 5.74) is 0. The Balaban J connectivity index is 0. The molecule has 0 bridgehead atoms. The Labute approximate surface area is 61.2 Å². The third-order valence-electron chi connectivity index (χ3n) is 0. The van der Waals surface area contributed by atoms with E-state index >= 15 is 0 Å². The van der Waals surface area contributed by atoms with E-state index in [0.29, 0.717) is 0 Å². The summed E-state index contributed by atoms with van der Waals surface area (Å²) in [6.07, 6.45) is 0. The zero-order chi connectivity index (χ0) is 0. The van der Waals surface area contributed by atoms with Gasteiger partial charge in [0.1, 0.15) is 0 Å². The van der Waals surface area contributed by atoms with Crippen molar-refractivity contribution in [3.63, 3.8) is 0 Å². The fraction of sp³-hybridized carbons (Fsp3) is 0. The van der Waals surface area contributed by atoms with Crippen LogP contribution in [0.3, 0.4) is 0 Å². The largest absolute Gasteiger partial charge is 2.00 e. The molecule has 4 heteroatoms. The first kappa shape index (κ1) is 43.0. The van der Waals surface area contributed by atoms with Crippen LogP contribution < -0.4 is 24.8 Å². The Morgan fingerprint density at radius 3 is 0.750 bits per heavy atom. The summed E-state index contributed by atoms with van der Waals surface area (Å²) >= 11 is 0. The molecule has 0 aromatic heterocycles. The molecular weight excluding hydrogens is 191 g/mol. The van der Waals surface area contributed by atoms with Crippen LogP contribution in [0.2, 0.25) is 0 Å². The van der Waals surface area contributed by atoms with Gasteiger partial charge in [-0.05, 0) is 0 Å². The second kappa shape index (κ2) is 22.1. The minimum Gasteiger partial charge on any atom is -1.00 e. The van der Waals surface area contributed by atoms with Crippen molar-refractivity contribution >= 4 is 0 Å². The molecule has 0 heterocycles. The van der Waals surface area contributed by atoms with Gasteiger partial charge in [-0.1, -0.05) is 0 Å². The molecule has 21 valence electrons. The minimum absolute atomic E-state index is 0. The monoisotopic (exact) mass is 189 g/mol.